The van der Waals surface area contributed by atoms with Crippen LogP contribution in [0.25, 0.3) is 0 Å². The lowest BCUT2D eigenvalue weighted by Crippen LogP contribution is -2.30. The molecule has 1 fully saturated rings. The summed E-state index contributed by atoms with van der Waals surface area (Å²) < 4.78 is 52.2. The summed E-state index contributed by atoms with van der Waals surface area (Å²) in [6.07, 6.45) is 6.98. The third-order valence-corrected chi connectivity index (χ3v) is 6.55. The quantitative estimate of drug-likeness (QED) is 0.706. The van der Waals surface area contributed by atoms with Crippen LogP contribution in [-0.4, -0.2) is 27.1 Å². The number of sulfonamides is 1. The molecule has 0 saturated heterocycles. The molecule has 1 saturated carbocycles. The molecule has 0 unspecified atom stereocenters. The number of halogens is 2. The molecule has 0 heterocycles. The third kappa shape index (κ3) is 5.78. The van der Waals surface area contributed by atoms with Crippen LogP contribution >= 0.6 is 0 Å². The lowest BCUT2D eigenvalue weighted by molar-refractivity contribution is 0.0943. The summed E-state index contributed by atoms with van der Waals surface area (Å²) in [6, 6.07) is 9.55. The van der Waals surface area contributed by atoms with Gasteiger partial charge in [0.15, 0.2) is 11.6 Å². The summed E-state index contributed by atoms with van der Waals surface area (Å²) >= 11 is 0. The zero-order chi connectivity index (χ0) is 21.7. The number of benzene rings is 2. The van der Waals surface area contributed by atoms with E-state index >= 15 is 0 Å². The van der Waals surface area contributed by atoms with Gasteiger partial charge in [-0.2, -0.15) is 0 Å². The molecule has 2 aromatic carbocycles. The fourth-order valence-corrected chi connectivity index (χ4v) is 4.58. The maximum atomic E-state index is 13.6. The van der Waals surface area contributed by atoms with Crippen LogP contribution < -0.4 is 9.62 Å². The van der Waals surface area contributed by atoms with E-state index in [2.05, 4.69) is 5.32 Å². The van der Waals surface area contributed by atoms with Crippen LogP contribution in [0.15, 0.2) is 42.5 Å². The topological polar surface area (TPSA) is 66.5 Å². The van der Waals surface area contributed by atoms with Gasteiger partial charge in [0.25, 0.3) is 5.91 Å². The van der Waals surface area contributed by atoms with Gasteiger partial charge < -0.3 is 5.32 Å². The predicted molar refractivity (Wildman–Crippen MR) is 113 cm³/mol. The Morgan fingerprint density at radius 2 is 1.70 bits per heavy atom. The molecular formula is C22H26F2N2O3S. The largest absolute Gasteiger partial charge is 0.352 e. The smallest absolute Gasteiger partial charge is 0.251 e. The van der Waals surface area contributed by atoms with Crippen molar-refractivity contribution in [1.82, 2.24) is 5.32 Å². The van der Waals surface area contributed by atoms with Crippen molar-refractivity contribution in [3.8, 4) is 0 Å². The van der Waals surface area contributed by atoms with Crippen molar-refractivity contribution in [1.29, 1.82) is 0 Å². The standard InChI is InChI=1S/C22H26F2N2O3S/c1-30(28,29)26(19-11-12-20(23)21(24)13-19)15-17-7-9-18(10-8-17)22(27)25-14-16-5-3-2-4-6-16/h7-13,16H,2-6,14-15H2,1H3,(H,25,27). The van der Waals surface area contributed by atoms with Crippen molar-refractivity contribution in [2.24, 2.45) is 5.92 Å². The van der Waals surface area contributed by atoms with E-state index in [4.69, 9.17) is 0 Å². The van der Waals surface area contributed by atoms with Crippen molar-refractivity contribution in [2.45, 2.75) is 38.6 Å². The Bertz CT molecular complexity index is 988. The van der Waals surface area contributed by atoms with Gasteiger partial charge in [-0.15, -0.1) is 0 Å². The van der Waals surface area contributed by atoms with E-state index in [1.165, 1.54) is 25.3 Å². The molecule has 1 aliphatic carbocycles. The highest BCUT2D eigenvalue weighted by Crippen LogP contribution is 2.24. The summed E-state index contributed by atoms with van der Waals surface area (Å²) in [5.74, 6) is -1.80. The monoisotopic (exact) mass is 436 g/mol. The number of hydrogen-bond donors (Lipinski definition) is 1. The molecule has 1 amide bonds. The van der Waals surface area contributed by atoms with Crippen molar-refractivity contribution < 1.29 is 22.0 Å². The summed E-state index contributed by atoms with van der Waals surface area (Å²) in [5.41, 5.74) is 1.15. The summed E-state index contributed by atoms with van der Waals surface area (Å²) in [6.45, 7) is 0.604. The molecule has 0 spiro atoms. The van der Waals surface area contributed by atoms with Crippen LogP contribution in [0, 0.1) is 17.6 Å². The van der Waals surface area contributed by atoms with Gasteiger partial charge in [-0.3, -0.25) is 9.10 Å². The highest BCUT2D eigenvalue weighted by Gasteiger charge is 2.20. The van der Waals surface area contributed by atoms with Gasteiger partial charge in [-0.25, -0.2) is 17.2 Å². The number of nitrogens with zero attached hydrogens (tertiary/aromatic N) is 1. The number of carbonyl (C=O) groups is 1. The normalized spacial score (nSPS) is 15.0. The Balaban J connectivity index is 1.67. The number of rotatable bonds is 7. The molecule has 0 aliphatic heterocycles. The molecule has 5 nitrogen and oxygen atoms in total. The van der Waals surface area contributed by atoms with E-state index in [1.54, 1.807) is 24.3 Å². The average Bonchev–Trinajstić information content (AvgIpc) is 2.73. The Hall–Kier alpha value is -2.48. The lowest BCUT2D eigenvalue weighted by atomic mass is 9.89. The number of hydrogen-bond acceptors (Lipinski definition) is 3. The van der Waals surface area contributed by atoms with Crippen molar-refractivity contribution in [3.63, 3.8) is 0 Å². The molecule has 30 heavy (non-hydrogen) atoms. The van der Waals surface area contributed by atoms with Crippen LogP contribution in [-0.2, 0) is 16.6 Å². The zero-order valence-electron chi connectivity index (χ0n) is 16.9. The summed E-state index contributed by atoms with van der Waals surface area (Å²) in [5, 5.41) is 2.97. The van der Waals surface area contributed by atoms with Crippen molar-refractivity contribution >= 4 is 21.6 Å². The molecule has 162 valence electrons. The van der Waals surface area contributed by atoms with Crippen molar-refractivity contribution in [3.05, 3.63) is 65.2 Å². The van der Waals surface area contributed by atoms with E-state index in [0.29, 0.717) is 23.6 Å². The van der Waals surface area contributed by atoms with Gasteiger partial charge in [-0.05, 0) is 48.6 Å². The van der Waals surface area contributed by atoms with Gasteiger partial charge in [0.1, 0.15) is 0 Å². The van der Waals surface area contributed by atoms with Gasteiger partial charge in [-0.1, -0.05) is 31.4 Å². The third-order valence-electron chi connectivity index (χ3n) is 5.41. The van der Waals surface area contributed by atoms with E-state index in [1.807, 2.05) is 0 Å². The van der Waals surface area contributed by atoms with E-state index in [9.17, 15) is 22.0 Å². The zero-order valence-corrected chi connectivity index (χ0v) is 17.7. The highest BCUT2D eigenvalue weighted by atomic mass is 32.2. The minimum atomic E-state index is -3.73. The Labute approximate surface area is 176 Å². The minimum absolute atomic E-state index is 0.0331. The first kappa shape index (κ1) is 22.2. The molecule has 2 aromatic rings. The van der Waals surface area contributed by atoms with Crippen LogP contribution in [0.4, 0.5) is 14.5 Å². The van der Waals surface area contributed by atoms with Gasteiger partial charge >= 0.3 is 0 Å². The second kappa shape index (κ2) is 9.55. The van der Waals surface area contributed by atoms with Gasteiger partial charge in [0.2, 0.25) is 10.0 Å². The summed E-state index contributed by atoms with van der Waals surface area (Å²) in [4.78, 5) is 12.4. The maximum Gasteiger partial charge on any atom is 0.251 e. The Kier molecular flexibility index (Phi) is 7.07. The average molecular weight is 437 g/mol. The first-order chi connectivity index (χ1) is 14.2. The first-order valence-electron chi connectivity index (χ1n) is 10.0. The van der Waals surface area contributed by atoms with E-state index in [-0.39, 0.29) is 18.1 Å². The number of amides is 1. The van der Waals surface area contributed by atoms with Gasteiger partial charge in [0.05, 0.1) is 18.5 Å². The molecule has 1 N–H and O–H groups in total. The molecular weight excluding hydrogens is 410 g/mol. The SMILES string of the molecule is CS(=O)(=O)N(Cc1ccc(C(=O)NCC2CCCCC2)cc1)c1ccc(F)c(F)c1. The lowest BCUT2D eigenvalue weighted by Gasteiger charge is -2.23. The van der Waals surface area contributed by atoms with E-state index < -0.39 is 21.7 Å². The molecule has 3 rings (SSSR count). The molecule has 0 aromatic heterocycles. The molecule has 0 radical (unpaired) electrons. The van der Waals surface area contributed by atoms with Crippen LogP contribution in [0.3, 0.4) is 0 Å². The van der Waals surface area contributed by atoms with Crippen LogP contribution in [0.1, 0.15) is 48.0 Å². The number of carbonyl (C=O) groups excluding carboxylic acids is 1. The number of anilines is 1. The number of nitrogens with one attached hydrogen (secondary N) is 1. The van der Waals surface area contributed by atoms with E-state index in [0.717, 1.165) is 35.5 Å². The minimum Gasteiger partial charge on any atom is -0.352 e. The Morgan fingerprint density at radius 1 is 1.03 bits per heavy atom. The van der Waals surface area contributed by atoms with Crippen LogP contribution in [0.5, 0.6) is 0 Å². The molecule has 0 bridgehead atoms. The summed E-state index contributed by atoms with van der Waals surface area (Å²) in [7, 11) is -3.73. The second-order valence-corrected chi connectivity index (χ2v) is 9.69. The maximum absolute atomic E-state index is 13.6. The molecule has 0 atom stereocenters. The predicted octanol–water partition coefficient (Wildman–Crippen LogP) is 4.24. The molecule has 1 aliphatic rings. The fourth-order valence-electron chi connectivity index (χ4n) is 3.70. The molecule has 8 heteroatoms. The first-order valence-corrected chi connectivity index (χ1v) is 11.9. The second-order valence-electron chi connectivity index (χ2n) is 7.78. The fraction of sp³-hybridized carbons (Fsp3) is 0.409. The van der Waals surface area contributed by atoms with Gasteiger partial charge in [0, 0.05) is 18.2 Å². The highest BCUT2D eigenvalue weighted by molar-refractivity contribution is 7.92. The van der Waals surface area contributed by atoms with Crippen molar-refractivity contribution in [2.75, 3.05) is 17.1 Å². The van der Waals surface area contributed by atoms with Crippen LogP contribution in [0.2, 0.25) is 0 Å². The Morgan fingerprint density at radius 3 is 2.30 bits per heavy atom.